The third-order valence-corrected chi connectivity index (χ3v) is 4.42. The second-order valence-corrected chi connectivity index (χ2v) is 6.15. The molecule has 2 heteroatoms. The van der Waals surface area contributed by atoms with Crippen LogP contribution in [0.1, 0.15) is 37.4 Å². The summed E-state index contributed by atoms with van der Waals surface area (Å²) in [6.07, 6.45) is 2.15. The predicted octanol–water partition coefficient (Wildman–Crippen LogP) is 4.43. The fourth-order valence-electron chi connectivity index (χ4n) is 3.18. The molecular formula is C19H24N2. The van der Waals surface area contributed by atoms with E-state index in [0.717, 1.165) is 13.0 Å². The highest BCUT2D eigenvalue weighted by Gasteiger charge is 2.22. The van der Waals surface area contributed by atoms with Crippen molar-refractivity contribution in [2.75, 3.05) is 11.4 Å². The van der Waals surface area contributed by atoms with Gasteiger partial charge >= 0.3 is 0 Å². The van der Waals surface area contributed by atoms with Crippen LogP contribution in [0.25, 0.3) is 0 Å². The Bertz CT molecular complexity index is 603. The zero-order valence-electron chi connectivity index (χ0n) is 12.9. The van der Waals surface area contributed by atoms with Crippen molar-refractivity contribution in [3.63, 3.8) is 0 Å². The first-order valence-corrected chi connectivity index (χ1v) is 7.90. The number of anilines is 2. The summed E-state index contributed by atoms with van der Waals surface area (Å²) in [7, 11) is 0. The van der Waals surface area contributed by atoms with Gasteiger partial charge in [0.2, 0.25) is 0 Å². The molecular weight excluding hydrogens is 256 g/mol. The van der Waals surface area contributed by atoms with E-state index in [1.165, 1.54) is 28.9 Å². The van der Waals surface area contributed by atoms with Gasteiger partial charge in [-0.15, -0.1) is 0 Å². The number of fused-ring (bicyclic) bond motifs is 1. The van der Waals surface area contributed by atoms with E-state index < -0.39 is 0 Å². The number of hydrogen-bond donors (Lipinski definition) is 1. The Hall–Kier alpha value is -1.80. The summed E-state index contributed by atoms with van der Waals surface area (Å²) in [5, 5.41) is 0. The van der Waals surface area contributed by atoms with Crippen molar-refractivity contribution in [2.24, 2.45) is 11.7 Å². The van der Waals surface area contributed by atoms with Gasteiger partial charge < -0.3 is 10.6 Å². The average Bonchev–Trinajstić information content (AvgIpc) is 2.53. The molecule has 0 radical (unpaired) electrons. The SMILES string of the molecule is CC[C@H](N)c1ccc(N2CC(C)Cc3ccccc32)cc1. The maximum absolute atomic E-state index is 6.11. The standard InChI is InChI=1S/C19H24N2/c1-3-18(20)15-8-10-17(11-9-15)21-13-14(2)12-16-6-4-5-7-19(16)21/h4-11,14,18H,3,12-13,20H2,1-2H3/t14?,18-/m0/s1. The molecule has 1 aliphatic rings. The van der Waals surface area contributed by atoms with Gasteiger partial charge in [0.25, 0.3) is 0 Å². The van der Waals surface area contributed by atoms with E-state index in [1.807, 2.05) is 0 Å². The molecule has 0 spiro atoms. The number of para-hydroxylation sites is 1. The monoisotopic (exact) mass is 280 g/mol. The molecule has 2 nitrogen and oxygen atoms in total. The summed E-state index contributed by atoms with van der Waals surface area (Å²) >= 11 is 0. The first-order chi connectivity index (χ1) is 10.2. The van der Waals surface area contributed by atoms with Gasteiger partial charge in [0, 0.05) is 24.0 Å². The van der Waals surface area contributed by atoms with Crippen LogP contribution < -0.4 is 10.6 Å². The quantitative estimate of drug-likeness (QED) is 0.901. The number of hydrogen-bond acceptors (Lipinski definition) is 2. The Morgan fingerprint density at radius 3 is 2.57 bits per heavy atom. The fourth-order valence-corrected chi connectivity index (χ4v) is 3.18. The fraction of sp³-hybridized carbons (Fsp3) is 0.368. The highest BCUT2D eigenvalue weighted by Crippen LogP contribution is 2.35. The van der Waals surface area contributed by atoms with Gasteiger partial charge in [-0.1, -0.05) is 44.2 Å². The zero-order chi connectivity index (χ0) is 14.8. The third-order valence-electron chi connectivity index (χ3n) is 4.42. The summed E-state index contributed by atoms with van der Waals surface area (Å²) in [6.45, 7) is 5.53. The van der Waals surface area contributed by atoms with Gasteiger partial charge in [0.15, 0.2) is 0 Å². The van der Waals surface area contributed by atoms with Gasteiger partial charge in [-0.25, -0.2) is 0 Å². The molecule has 0 aromatic heterocycles. The lowest BCUT2D eigenvalue weighted by molar-refractivity contribution is 0.562. The smallest absolute Gasteiger partial charge is 0.0443 e. The molecule has 2 atom stereocenters. The lowest BCUT2D eigenvalue weighted by Crippen LogP contribution is -2.30. The highest BCUT2D eigenvalue weighted by molar-refractivity contribution is 5.68. The summed E-state index contributed by atoms with van der Waals surface area (Å²) in [5.74, 6) is 0.678. The predicted molar refractivity (Wildman–Crippen MR) is 90.0 cm³/mol. The van der Waals surface area contributed by atoms with Crippen LogP contribution in [0, 0.1) is 5.92 Å². The van der Waals surface area contributed by atoms with E-state index in [4.69, 9.17) is 5.73 Å². The van der Waals surface area contributed by atoms with Crippen molar-refractivity contribution in [1.29, 1.82) is 0 Å². The molecule has 110 valence electrons. The second-order valence-electron chi connectivity index (χ2n) is 6.15. The first-order valence-electron chi connectivity index (χ1n) is 7.90. The summed E-state index contributed by atoms with van der Waals surface area (Å²) in [6, 6.07) is 17.6. The molecule has 0 fully saturated rings. The number of benzene rings is 2. The van der Waals surface area contributed by atoms with Gasteiger partial charge in [0.05, 0.1) is 0 Å². The minimum Gasteiger partial charge on any atom is -0.341 e. The molecule has 1 aliphatic heterocycles. The molecule has 21 heavy (non-hydrogen) atoms. The molecule has 0 aliphatic carbocycles. The van der Waals surface area contributed by atoms with Crippen LogP contribution in [0.3, 0.4) is 0 Å². The van der Waals surface area contributed by atoms with Crippen molar-refractivity contribution < 1.29 is 0 Å². The molecule has 1 unspecified atom stereocenters. The van der Waals surface area contributed by atoms with Crippen molar-refractivity contribution in [2.45, 2.75) is 32.7 Å². The summed E-state index contributed by atoms with van der Waals surface area (Å²) < 4.78 is 0. The topological polar surface area (TPSA) is 29.3 Å². The molecule has 0 bridgehead atoms. The lowest BCUT2D eigenvalue weighted by Gasteiger charge is -2.35. The van der Waals surface area contributed by atoms with Crippen LogP contribution >= 0.6 is 0 Å². The van der Waals surface area contributed by atoms with E-state index in [9.17, 15) is 0 Å². The van der Waals surface area contributed by atoms with Crippen molar-refractivity contribution in [1.82, 2.24) is 0 Å². The van der Waals surface area contributed by atoms with Crippen LogP contribution in [0.15, 0.2) is 48.5 Å². The van der Waals surface area contributed by atoms with Crippen LogP contribution in [-0.2, 0) is 6.42 Å². The summed E-state index contributed by atoms with van der Waals surface area (Å²) in [5.41, 5.74) is 11.4. The molecule has 3 rings (SSSR count). The Balaban J connectivity index is 1.93. The first kappa shape index (κ1) is 14.2. The van der Waals surface area contributed by atoms with E-state index in [2.05, 4.69) is 67.3 Å². The third kappa shape index (κ3) is 2.81. The molecule has 2 aromatic carbocycles. The van der Waals surface area contributed by atoms with Gasteiger partial charge in [-0.2, -0.15) is 0 Å². The number of nitrogens with zero attached hydrogens (tertiary/aromatic N) is 1. The van der Waals surface area contributed by atoms with E-state index in [0.29, 0.717) is 5.92 Å². The number of nitrogens with two attached hydrogens (primary N) is 1. The maximum Gasteiger partial charge on any atom is 0.0443 e. The van der Waals surface area contributed by atoms with Gasteiger partial charge in [-0.05, 0) is 48.1 Å². The van der Waals surface area contributed by atoms with Crippen LogP contribution in [0.4, 0.5) is 11.4 Å². The zero-order valence-corrected chi connectivity index (χ0v) is 12.9. The molecule has 1 heterocycles. The van der Waals surface area contributed by atoms with E-state index in [-0.39, 0.29) is 6.04 Å². The average molecular weight is 280 g/mol. The van der Waals surface area contributed by atoms with Crippen LogP contribution in [-0.4, -0.2) is 6.54 Å². The largest absolute Gasteiger partial charge is 0.341 e. The van der Waals surface area contributed by atoms with E-state index in [1.54, 1.807) is 0 Å². The highest BCUT2D eigenvalue weighted by atomic mass is 15.1. The lowest BCUT2D eigenvalue weighted by atomic mass is 9.93. The molecule has 0 amide bonds. The van der Waals surface area contributed by atoms with Gasteiger partial charge in [-0.3, -0.25) is 0 Å². The Morgan fingerprint density at radius 2 is 1.86 bits per heavy atom. The molecule has 0 saturated heterocycles. The minimum absolute atomic E-state index is 0.145. The van der Waals surface area contributed by atoms with Crippen molar-refractivity contribution in [3.8, 4) is 0 Å². The van der Waals surface area contributed by atoms with Crippen molar-refractivity contribution in [3.05, 3.63) is 59.7 Å². The summed E-state index contributed by atoms with van der Waals surface area (Å²) in [4.78, 5) is 2.44. The Kier molecular flexibility index (Phi) is 3.98. The Labute approximate surface area is 127 Å². The normalized spacial score (nSPS) is 19.2. The van der Waals surface area contributed by atoms with E-state index >= 15 is 0 Å². The Morgan fingerprint density at radius 1 is 1.14 bits per heavy atom. The maximum atomic E-state index is 6.11. The van der Waals surface area contributed by atoms with Crippen LogP contribution in [0.5, 0.6) is 0 Å². The molecule has 0 saturated carbocycles. The number of rotatable bonds is 3. The van der Waals surface area contributed by atoms with Gasteiger partial charge in [0.1, 0.15) is 0 Å². The second kappa shape index (κ2) is 5.90. The van der Waals surface area contributed by atoms with Crippen molar-refractivity contribution >= 4 is 11.4 Å². The molecule has 2 aromatic rings. The minimum atomic E-state index is 0.145. The molecule has 2 N–H and O–H groups in total. The van der Waals surface area contributed by atoms with Crippen LogP contribution in [0.2, 0.25) is 0 Å².